The maximum absolute atomic E-state index is 10.6. The van der Waals surface area contributed by atoms with Crippen LogP contribution in [0, 0.1) is 5.41 Å². The van der Waals surface area contributed by atoms with E-state index < -0.39 is 0 Å². The van der Waals surface area contributed by atoms with Gasteiger partial charge in [-0.25, -0.2) is 0 Å². The second kappa shape index (κ2) is 1.48. The van der Waals surface area contributed by atoms with E-state index in [2.05, 4.69) is 5.32 Å². The normalized spacial score (nSPS) is 30.0. The van der Waals surface area contributed by atoms with Gasteiger partial charge >= 0.3 is 5.97 Å². The van der Waals surface area contributed by atoms with Gasteiger partial charge in [0, 0.05) is 18.5 Å². The van der Waals surface area contributed by atoms with Crippen LogP contribution in [-0.2, 0) is 9.53 Å². The highest BCUT2D eigenvalue weighted by Gasteiger charge is 2.45. The third-order valence-electron chi connectivity index (χ3n) is 2.06. The Bertz CT molecular complexity index is 151. The molecule has 2 aliphatic heterocycles. The molecule has 0 aromatic rings. The first-order valence-corrected chi connectivity index (χ1v) is 3.17. The average molecular weight is 127 g/mol. The molecule has 3 heteroatoms. The molecule has 0 aromatic heterocycles. The molecule has 0 bridgehead atoms. The number of hydrogen-bond acceptors (Lipinski definition) is 3. The summed E-state index contributed by atoms with van der Waals surface area (Å²) in [7, 11) is 0. The summed E-state index contributed by atoms with van der Waals surface area (Å²) < 4.78 is 4.83. The second-order valence-corrected chi connectivity index (χ2v) is 2.94. The Morgan fingerprint density at radius 2 is 2.33 bits per heavy atom. The first-order chi connectivity index (χ1) is 4.31. The van der Waals surface area contributed by atoms with E-state index in [1.54, 1.807) is 0 Å². The van der Waals surface area contributed by atoms with E-state index in [-0.39, 0.29) is 11.4 Å². The van der Waals surface area contributed by atoms with Crippen molar-refractivity contribution in [1.29, 1.82) is 0 Å². The van der Waals surface area contributed by atoms with Gasteiger partial charge in [0.2, 0.25) is 0 Å². The lowest BCUT2D eigenvalue weighted by Crippen LogP contribution is -2.53. The van der Waals surface area contributed by atoms with Crippen molar-refractivity contribution in [1.82, 2.24) is 5.32 Å². The van der Waals surface area contributed by atoms with Crippen molar-refractivity contribution in [3.05, 3.63) is 0 Å². The average Bonchev–Trinajstić information content (AvgIpc) is 2.09. The van der Waals surface area contributed by atoms with Crippen LogP contribution in [0.3, 0.4) is 0 Å². The molecule has 0 atom stereocenters. The monoisotopic (exact) mass is 127 g/mol. The summed E-state index contributed by atoms with van der Waals surface area (Å²) in [6.07, 6.45) is 0.625. The van der Waals surface area contributed by atoms with Crippen LogP contribution in [-0.4, -0.2) is 25.7 Å². The Kier molecular flexibility index (Phi) is 0.858. The summed E-state index contributed by atoms with van der Waals surface area (Å²) in [6.45, 7) is 2.55. The van der Waals surface area contributed by atoms with Gasteiger partial charge < -0.3 is 10.1 Å². The van der Waals surface area contributed by atoms with Crippen LogP contribution in [0.15, 0.2) is 0 Å². The van der Waals surface area contributed by atoms with Crippen molar-refractivity contribution >= 4 is 5.97 Å². The maximum Gasteiger partial charge on any atom is 0.306 e. The van der Waals surface area contributed by atoms with E-state index in [0.717, 1.165) is 13.1 Å². The van der Waals surface area contributed by atoms with E-state index in [0.29, 0.717) is 13.0 Å². The summed E-state index contributed by atoms with van der Waals surface area (Å²) in [4.78, 5) is 10.6. The van der Waals surface area contributed by atoms with Gasteiger partial charge in [-0.2, -0.15) is 0 Å². The van der Waals surface area contributed by atoms with Crippen LogP contribution < -0.4 is 5.32 Å². The molecule has 2 heterocycles. The molecule has 2 saturated heterocycles. The van der Waals surface area contributed by atoms with Crippen LogP contribution in [0.5, 0.6) is 0 Å². The first kappa shape index (κ1) is 5.23. The summed E-state index contributed by atoms with van der Waals surface area (Å²) in [6, 6.07) is 0. The van der Waals surface area contributed by atoms with Crippen molar-refractivity contribution in [2.75, 3.05) is 19.7 Å². The van der Waals surface area contributed by atoms with E-state index in [1.807, 2.05) is 0 Å². The van der Waals surface area contributed by atoms with Gasteiger partial charge in [0.25, 0.3) is 0 Å². The fourth-order valence-electron chi connectivity index (χ4n) is 1.35. The molecule has 0 unspecified atom stereocenters. The van der Waals surface area contributed by atoms with E-state index >= 15 is 0 Å². The van der Waals surface area contributed by atoms with Gasteiger partial charge in [-0.05, 0) is 0 Å². The molecule has 50 valence electrons. The summed E-state index contributed by atoms with van der Waals surface area (Å²) in [5, 5.41) is 3.13. The SMILES string of the molecule is O=C1CC2(CNC2)CO1. The van der Waals surface area contributed by atoms with Crippen molar-refractivity contribution in [3.63, 3.8) is 0 Å². The van der Waals surface area contributed by atoms with Crippen molar-refractivity contribution in [2.24, 2.45) is 5.41 Å². The van der Waals surface area contributed by atoms with Crippen LogP contribution in [0.2, 0.25) is 0 Å². The third kappa shape index (κ3) is 0.645. The van der Waals surface area contributed by atoms with E-state index in [1.165, 1.54) is 0 Å². The number of ether oxygens (including phenoxy) is 1. The molecule has 0 aromatic carbocycles. The number of carbonyl (C=O) groups is 1. The fraction of sp³-hybridized carbons (Fsp3) is 0.833. The molecular weight excluding hydrogens is 118 g/mol. The Morgan fingerprint density at radius 3 is 2.56 bits per heavy atom. The molecule has 2 fully saturated rings. The van der Waals surface area contributed by atoms with Gasteiger partial charge in [-0.15, -0.1) is 0 Å². The molecule has 2 rings (SSSR count). The molecule has 3 nitrogen and oxygen atoms in total. The third-order valence-corrected chi connectivity index (χ3v) is 2.06. The standard InChI is InChI=1S/C6H9NO2/c8-5-1-6(4-9-5)2-7-3-6/h7H,1-4H2. The number of carbonyl (C=O) groups excluding carboxylic acids is 1. The molecule has 0 saturated carbocycles. The Balaban J connectivity index is 2.07. The predicted octanol–water partition coefficient (Wildman–Crippen LogP) is -0.477. The van der Waals surface area contributed by atoms with Gasteiger partial charge in [0.05, 0.1) is 13.0 Å². The molecule has 0 amide bonds. The highest BCUT2D eigenvalue weighted by atomic mass is 16.5. The zero-order valence-corrected chi connectivity index (χ0v) is 5.14. The lowest BCUT2D eigenvalue weighted by atomic mass is 9.81. The second-order valence-electron chi connectivity index (χ2n) is 2.94. The Labute approximate surface area is 53.4 Å². The predicted molar refractivity (Wildman–Crippen MR) is 30.9 cm³/mol. The highest BCUT2D eigenvalue weighted by molar-refractivity contribution is 5.72. The van der Waals surface area contributed by atoms with Gasteiger partial charge in [0.1, 0.15) is 0 Å². The summed E-state index contributed by atoms with van der Waals surface area (Å²) in [5.74, 6) is -0.0310. The number of esters is 1. The summed E-state index contributed by atoms with van der Waals surface area (Å²) in [5.41, 5.74) is 0.205. The van der Waals surface area contributed by atoms with Crippen molar-refractivity contribution in [2.45, 2.75) is 6.42 Å². The van der Waals surface area contributed by atoms with Gasteiger partial charge in [-0.3, -0.25) is 4.79 Å². The number of rotatable bonds is 0. The van der Waals surface area contributed by atoms with Crippen molar-refractivity contribution in [3.8, 4) is 0 Å². The zero-order chi connectivity index (χ0) is 6.32. The van der Waals surface area contributed by atoms with Gasteiger partial charge in [-0.1, -0.05) is 0 Å². The smallest absolute Gasteiger partial charge is 0.306 e. The molecule has 2 aliphatic rings. The highest BCUT2D eigenvalue weighted by Crippen LogP contribution is 2.32. The number of nitrogens with one attached hydrogen (secondary N) is 1. The zero-order valence-electron chi connectivity index (χ0n) is 5.14. The van der Waals surface area contributed by atoms with Crippen LogP contribution in [0.1, 0.15) is 6.42 Å². The van der Waals surface area contributed by atoms with E-state index in [9.17, 15) is 4.79 Å². The topological polar surface area (TPSA) is 38.3 Å². The minimum atomic E-state index is -0.0310. The van der Waals surface area contributed by atoms with Crippen molar-refractivity contribution < 1.29 is 9.53 Å². The molecule has 1 N–H and O–H groups in total. The number of hydrogen-bond donors (Lipinski definition) is 1. The Morgan fingerprint density at radius 1 is 1.56 bits per heavy atom. The number of cyclic esters (lactones) is 1. The molecular formula is C6H9NO2. The lowest BCUT2D eigenvalue weighted by Gasteiger charge is -2.35. The van der Waals surface area contributed by atoms with E-state index in [4.69, 9.17) is 4.74 Å². The largest absolute Gasteiger partial charge is 0.465 e. The lowest BCUT2D eigenvalue weighted by molar-refractivity contribution is -0.137. The maximum atomic E-state index is 10.6. The quantitative estimate of drug-likeness (QED) is 0.447. The molecule has 0 aliphatic carbocycles. The molecule has 1 spiro atoms. The first-order valence-electron chi connectivity index (χ1n) is 3.17. The van der Waals surface area contributed by atoms with Crippen LogP contribution in [0.25, 0.3) is 0 Å². The minimum absolute atomic E-state index is 0.0310. The van der Waals surface area contributed by atoms with Crippen LogP contribution >= 0.6 is 0 Å². The molecule has 0 radical (unpaired) electrons. The fourth-order valence-corrected chi connectivity index (χ4v) is 1.35. The van der Waals surface area contributed by atoms with Gasteiger partial charge in [0.15, 0.2) is 0 Å². The summed E-state index contributed by atoms with van der Waals surface area (Å²) >= 11 is 0. The van der Waals surface area contributed by atoms with Crippen LogP contribution in [0.4, 0.5) is 0 Å². The minimum Gasteiger partial charge on any atom is -0.465 e. The molecule has 9 heavy (non-hydrogen) atoms. The Hall–Kier alpha value is -0.570.